The molecule has 0 spiro atoms. The van der Waals surface area contributed by atoms with E-state index in [1.165, 1.54) is 18.2 Å². The third-order valence-electron chi connectivity index (χ3n) is 2.55. The van der Waals surface area contributed by atoms with Gasteiger partial charge in [0.15, 0.2) is 0 Å². The van der Waals surface area contributed by atoms with Crippen LogP contribution in [-0.4, -0.2) is 0 Å². The van der Waals surface area contributed by atoms with E-state index in [1.54, 1.807) is 0 Å². The fourth-order valence-electron chi connectivity index (χ4n) is 1.67. The van der Waals surface area contributed by atoms with Crippen molar-refractivity contribution in [3.05, 3.63) is 69.2 Å². The Labute approximate surface area is 120 Å². The van der Waals surface area contributed by atoms with Gasteiger partial charge < -0.3 is 0 Å². The standard InChI is InChI=1S/C13H6BrClF4/c14-12-7(2-1-3-8(12)17)13(15)11-9(18)4-6(16)5-10(11)19/h1-5,13H. The number of benzene rings is 2. The predicted molar refractivity (Wildman–Crippen MR) is 68.1 cm³/mol. The lowest BCUT2D eigenvalue weighted by molar-refractivity contribution is 0.525. The molecular weight excluding hydrogens is 347 g/mol. The molecule has 0 heterocycles. The lowest BCUT2D eigenvalue weighted by Crippen LogP contribution is -2.03. The normalized spacial score (nSPS) is 12.5. The van der Waals surface area contributed by atoms with Crippen molar-refractivity contribution in [2.24, 2.45) is 0 Å². The van der Waals surface area contributed by atoms with Crippen LogP contribution in [0.2, 0.25) is 0 Å². The summed E-state index contributed by atoms with van der Waals surface area (Å²) >= 11 is 8.94. The van der Waals surface area contributed by atoms with Crippen LogP contribution in [0.15, 0.2) is 34.8 Å². The van der Waals surface area contributed by atoms with Crippen LogP contribution < -0.4 is 0 Å². The van der Waals surface area contributed by atoms with Gasteiger partial charge in [-0.25, -0.2) is 17.6 Å². The summed E-state index contributed by atoms with van der Waals surface area (Å²) in [6.45, 7) is 0. The minimum atomic E-state index is -1.27. The molecule has 0 amide bonds. The van der Waals surface area contributed by atoms with E-state index in [2.05, 4.69) is 15.9 Å². The Morgan fingerprint density at radius 1 is 0.947 bits per heavy atom. The van der Waals surface area contributed by atoms with Gasteiger partial charge >= 0.3 is 0 Å². The molecule has 2 aromatic carbocycles. The van der Waals surface area contributed by atoms with Gasteiger partial charge in [0, 0.05) is 17.7 Å². The van der Waals surface area contributed by atoms with Gasteiger partial charge in [-0.2, -0.15) is 0 Å². The lowest BCUT2D eigenvalue weighted by Gasteiger charge is -2.14. The van der Waals surface area contributed by atoms with Crippen molar-refractivity contribution in [3.8, 4) is 0 Å². The molecular formula is C13H6BrClF4. The van der Waals surface area contributed by atoms with E-state index in [1.807, 2.05) is 0 Å². The molecule has 0 bridgehead atoms. The molecule has 2 aromatic rings. The highest BCUT2D eigenvalue weighted by Gasteiger charge is 2.23. The molecule has 0 radical (unpaired) electrons. The van der Waals surface area contributed by atoms with Crippen LogP contribution in [0.3, 0.4) is 0 Å². The van der Waals surface area contributed by atoms with Gasteiger partial charge in [-0.15, -0.1) is 11.6 Å². The molecule has 0 nitrogen and oxygen atoms in total. The summed E-state index contributed by atoms with van der Waals surface area (Å²) in [7, 11) is 0. The van der Waals surface area contributed by atoms with Crippen LogP contribution in [0.4, 0.5) is 17.6 Å². The minimum absolute atomic E-state index is 0.0122. The van der Waals surface area contributed by atoms with Crippen LogP contribution >= 0.6 is 27.5 Å². The Bertz CT molecular complexity index is 607. The van der Waals surface area contributed by atoms with E-state index in [0.29, 0.717) is 12.1 Å². The Morgan fingerprint density at radius 3 is 2.11 bits per heavy atom. The third kappa shape index (κ3) is 2.77. The average molecular weight is 354 g/mol. The highest BCUT2D eigenvalue weighted by molar-refractivity contribution is 9.10. The maximum atomic E-state index is 13.6. The van der Waals surface area contributed by atoms with Crippen LogP contribution in [0, 0.1) is 23.3 Å². The summed E-state index contributed by atoms with van der Waals surface area (Å²) in [4.78, 5) is 0. The third-order valence-corrected chi connectivity index (χ3v) is 3.84. The first-order valence-electron chi connectivity index (χ1n) is 5.14. The Kier molecular flexibility index (Phi) is 4.16. The Balaban J connectivity index is 2.56. The molecule has 1 unspecified atom stereocenters. The second-order valence-electron chi connectivity index (χ2n) is 3.79. The van der Waals surface area contributed by atoms with Crippen LogP contribution in [0.1, 0.15) is 16.5 Å². The minimum Gasteiger partial charge on any atom is -0.207 e. The van der Waals surface area contributed by atoms with Crippen LogP contribution in [0.5, 0.6) is 0 Å². The lowest BCUT2D eigenvalue weighted by atomic mass is 10.0. The van der Waals surface area contributed by atoms with Crippen molar-refractivity contribution in [3.63, 3.8) is 0 Å². The summed E-state index contributed by atoms with van der Waals surface area (Å²) in [5.74, 6) is -3.88. The molecule has 19 heavy (non-hydrogen) atoms. The first kappa shape index (κ1) is 14.3. The maximum Gasteiger partial charge on any atom is 0.137 e. The SMILES string of the molecule is Fc1cc(F)c(C(Cl)c2cccc(F)c2Br)c(F)c1. The van der Waals surface area contributed by atoms with E-state index < -0.39 is 34.2 Å². The van der Waals surface area contributed by atoms with Crippen molar-refractivity contribution in [2.75, 3.05) is 0 Å². The molecule has 2 rings (SSSR count). The first-order valence-corrected chi connectivity index (χ1v) is 6.37. The van der Waals surface area contributed by atoms with Crippen molar-refractivity contribution in [1.29, 1.82) is 0 Å². The molecule has 0 aliphatic heterocycles. The summed E-state index contributed by atoms with van der Waals surface area (Å²) < 4.78 is 53.4. The topological polar surface area (TPSA) is 0 Å². The molecule has 0 aliphatic carbocycles. The number of rotatable bonds is 2. The zero-order valence-electron chi connectivity index (χ0n) is 9.23. The van der Waals surface area contributed by atoms with Gasteiger partial charge in [-0.1, -0.05) is 12.1 Å². The number of alkyl halides is 1. The largest absolute Gasteiger partial charge is 0.207 e. The van der Waals surface area contributed by atoms with E-state index in [4.69, 9.17) is 11.6 Å². The summed E-state index contributed by atoms with van der Waals surface area (Å²) in [5, 5.41) is -1.27. The zero-order valence-corrected chi connectivity index (χ0v) is 11.6. The molecule has 0 aromatic heterocycles. The summed E-state index contributed by atoms with van der Waals surface area (Å²) in [5.41, 5.74) is -0.361. The Hall–Kier alpha value is -1.07. The van der Waals surface area contributed by atoms with Crippen LogP contribution in [-0.2, 0) is 0 Å². The number of hydrogen-bond acceptors (Lipinski definition) is 0. The van der Waals surface area contributed by atoms with Gasteiger partial charge in [0.25, 0.3) is 0 Å². The fourth-order valence-corrected chi connectivity index (χ4v) is 2.68. The molecule has 0 fully saturated rings. The molecule has 6 heteroatoms. The van der Waals surface area contributed by atoms with Gasteiger partial charge in [-0.05, 0) is 27.6 Å². The van der Waals surface area contributed by atoms with E-state index in [9.17, 15) is 17.6 Å². The quantitative estimate of drug-likeness (QED) is 0.505. The molecule has 100 valence electrons. The monoisotopic (exact) mass is 352 g/mol. The van der Waals surface area contributed by atoms with Crippen molar-refractivity contribution >= 4 is 27.5 Å². The summed E-state index contributed by atoms with van der Waals surface area (Å²) in [6, 6.07) is 5.02. The smallest absolute Gasteiger partial charge is 0.137 e. The Morgan fingerprint density at radius 2 is 1.53 bits per heavy atom. The molecule has 0 saturated heterocycles. The van der Waals surface area contributed by atoms with E-state index in [-0.39, 0.29) is 10.0 Å². The molecule has 0 aliphatic rings. The van der Waals surface area contributed by atoms with Gasteiger partial charge in [0.2, 0.25) is 0 Å². The maximum absolute atomic E-state index is 13.6. The molecule has 0 saturated carbocycles. The van der Waals surface area contributed by atoms with Crippen LogP contribution in [0.25, 0.3) is 0 Å². The van der Waals surface area contributed by atoms with Crippen molar-refractivity contribution in [1.82, 2.24) is 0 Å². The predicted octanol–water partition coefficient (Wildman–Crippen LogP) is 5.33. The average Bonchev–Trinajstić information content (AvgIpc) is 2.31. The van der Waals surface area contributed by atoms with E-state index >= 15 is 0 Å². The number of hydrogen-bond donors (Lipinski definition) is 0. The zero-order chi connectivity index (χ0) is 14.2. The molecule has 1 atom stereocenters. The van der Waals surface area contributed by atoms with E-state index in [0.717, 1.165) is 0 Å². The highest BCUT2D eigenvalue weighted by atomic mass is 79.9. The van der Waals surface area contributed by atoms with Gasteiger partial charge in [0.1, 0.15) is 23.3 Å². The van der Waals surface area contributed by atoms with Crippen molar-refractivity contribution in [2.45, 2.75) is 5.38 Å². The van der Waals surface area contributed by atoms with Crippen molar-refractivity contribution < 1.29 is 17.6 Å². The fraction of sp³-hybridized carbons (Fsp3) is 0.0769. The molecule has 0 N–H and O–H groups in total. The number of halogens is 6. The summed E-state index contributed by atoms with van der Waals surface area (Å²) in [6.07, 6.45) is 0. The first-order chi connectivity index (χ1) is 8.91. The second kappa shape index (κ2) is 5.51. The second-order valence-corrected chi connectivity index (χ2v) is 5.02. The highest BCUT2D eigenvalue weighted by Crippen LogP contribution is 2.37. The van der Waals surface area contributed by atoms with Gasteiger partial charge in [-0.3, -0.25) is 0 Å². The van der Waals surface area contributed by atoms with Gasteiger partial charge in [0.05, 0.1) is 9.85 Å².